The Labute approximate surface area is 600 Å². The predicted molar refractivity (Wildman–Crippen MR) is 400 cm³/mol. The fourth-order valence-corrected chi connectivity index (χ4v) is 13.6. The number of carbonyl (C=O) groups excluding carboxylic acids is 4. The lowest BCUT2D eigenvalue weighted by molar-refractivity contribution is -0.161. The van der Waals surface area contributed by atoms with E-state index < -0.39 is 97.5 Å². The van der Waals surface area contributed by atoms with Crippen LogP contribution in [0.15, 0.2) is 0 Å². The van der Waals surface area contributed by atoms with Gasteiger partial charge in [-0.1, -0.05) is 351 Å². The van der Waals surface area contributed by atoms with Crippen LogP contribution in [0.2, 0.25) is 0 Å². The van der Waals surface area contributed by atoms with Crippen LogP contribution in [0.4, 0.5) is 0 Å². The van der Waals surface area contributed by atoms with Crippen molar-refractivity contribution in [2.45, 2.75) is 420 Å². The molecule has 0 aliphatic carbocycles. The average molecular weight is 1440 g/mol. The minimum atomic E-state index is -4.96. The van der Waals surface area contributed by atoms with E-state index in [1.807, 2.05) is 0 Å². The molecular weight excluding hydrogens is 1280 g/mol. The Morgan fingerprint density at radius 2 is 0.490 bits per heavy atom. The highest BCUT2D eigenvalue weighted by Crippen LogP contribution is 2.45. The Hall–Kier alpha value is -1.94. The zero-order chi connectivity index (χ0) is 72.4. The molecule has 8 atom stereocenters. The van der Waals surface area contributed by atoms with Crippen LogP contribution in [0.5, 0.6) is 0 Å². The van der Waals surface area contributed by atoms with Crippen molar-refractivity contribution in [2.75, 3.05) is 39.6 Å². The molecule has 0 aromatic carbocycles. The smallest absolute Gasteiger partial charge is 0.462 e. The van der Waals surface area contributed by atoms with Crippen molar-refractivity contribution < 1.29 is 80.2 Å². The van der Waals surface area contributed by atoms with Gasteiger partial charge in [-0.3, -0.25) is 37.3 Å². The third-order valence-electron chi connectivity index (χ3n) is 19.4. The van der Waals surface area contributed by atoms with Crippen LogP contribution in [0.3, 0.4) is 0 Å². The van der Waals surface area contributed by atoms with Crippen LogP contribution in [0, 0.1) is 23.7 Å². The number of unbranched alkanes of at least 4 members (excludes halogenated alkanes) is 39. The van der Waals surface area contributed by atoms with E-state index in [1.165, 1.54) is 199 Å². The van der Waals surface area contributed by atoms with Gasteiger partial charge in [-0.25, -0.2) is 9.13 Å². The Balaban J connectivity index is 5.19. The van der Waals surface area contributed by atoms with Crippen molar-refractivity contribution in [3.63, 3.8) is 0 Å². The van der Waals surface area contributed by atoms with Gasteiger partial charge in [-0.05, 0) is 49.4 Å². The molecule has 19 heteroatoms. The number of hydrogen-bond acceptors (Lipinski definition) is 15. The normalized spacial score (nSPS) is 14.9. The van der Waals surface area contributed by atoms with E-state index in [1.54, 1.807) is 0 Å². The van der Waals surface area contributed by atoms with Crippen LogP contribution in [-0.4, -0.2) is 96.7 Å². The second-order valence-electron chi connectivity index (χ2n) is 29.7. The Kier molecular flexibility index (Phi) is 66.8. The topological polar surface area (TPSA) is 237 Å². The fraction of sp³-hybridized carbons (Fsp3) is 0.949. The van der Waals surface area contributed by atoms with Gasteiger partial charge in [0.2, 0.25) is 0 Å². The van der Waals surface area contributed by atoms with E-state index in [9.17, 15) is 43.2 Å². The summed E-state index contributed by atoms with van der Waals surface area (Å²) in [7, 11) is -9.92. The maximum Gasteiger partial charge on any atom is 0.472 e. The molecule has 582 valence electrons. The van der Waals surface area contributed by atoms with E-state index in [-0.39, 0.29) is 25.7 Å². The first kappa shape index (κ1) is 96.1. The highest BCUT2D eigenvalue weighted by atomic mass is 31.2. The molecular formula is C79H154O17P2. The summed E-state index contributed by atoms with van der Waals surface area (Å²) in [5, 5.41) is 10.6. The number of ether oxygens (including phenoxy) is 4. The lowest BCUT2D eigenvalue weighted by Crippen LogP contribution is -2.30. The van der Waals surface area contributed by atoms with Gasteiger partial charge >= 0.3 is 39.5 Å². The molecule has 0 saturated carbocycles. The number of phosphoric acid groups is 2. The Bertz CT molecular complexity index is 1930. The number of carbonyl (C=O) groups is 4. The molecule has 0 bridgehead atoms. The number of rotatable bonds is 76. The molecule has 0 rings (SSSR count). The highest BCUT2D eigenvalue weighted by Gasteiger charge is 2.30. The second-order valence-corrected chi connectivity index (χ2v) is 32.6. The largest absolute Gasteiger partial charge is 0.472 e. The lowest BCUT2D eigenvalue weighted by atomic mass is 9.99. The molecule has 0 amide bonds. The summed E-state index contributed by atoms with van der Waals surface area (Å²) < 4.78 is 68.6. The summed E-state index contributed by atoms with van der Waals surface area (Å²) in [5.41, 5.74) is 0. The van der Waals surface area contributed by atoms with Crippen molar-refractivity contribution in [3.05, 3.63) is 0 Å². The minimum absolute atomic E-state index is 0.105. The van der Waals surface area contributed by atoms with Gasteiger partial charge in [0, 0.05) is 25.7 Å². The third-order valence-corrected chi connectivity index (χ3v) is 21.3. The van der Waals surface area contributed by atoms with Gasteiger partial charge in [-0.15, -0.1) is 0 Å². The summed E-state index contributed by atoms with van der Waals surface area (Å²) in [4.78, 5) is 72.9. The van der Waals surface area contributed by atoms with Crippen molar-refractivity contribution >= 4 is 39.5 Å². The highest BCUT2D eigenvalue weighted by molar-refractivity contribution is 7.47. The summed E-state index contributed by atoms with van der Waals surface area (Å²) >= 11 is 0. The molecule has 0 aliphatic rings. The summed E-state index contributed by atoms with van der Waals surface area (Å²) in [6.07, 6.45) is 54.1. The molecule has 0 spiro atoms. The monoisotopic (exact) mass is 1440 g/mol. The minimum Gasteiger partial charge on any atom is -0.462 e. The molecule has 0 saturated heterocycles. The first-order chi connectivity index (χ1) is 47.2. The predicted octanol–water partition coefficient (Wildman–Crippen LogP) is 23.2. The molecule has 0 heterocycles. The molecule has 0 fully saturated rings. The third kappa shape index (κ3) is 68.5. The van der Waals surface area contributed by atoms with E-state index in [0.717, 1.165) is 120 Å². The van der Waals surface area contributed by atoms with Crippen LogP contribution in [-0.2, 0) is 65.4 Å². The quantitative estimate of drug-likeness (QED) is 0.0222. The molecule has 98 heavy (non-hydrogen) atoms. The molecule has 0 radical (unpaired) electrons. The van der Waals surface area contributed by atoms with Gasteiger partial charge < -0.3 is 33.8 Å². The maximum absolute atomic E-state index is 13.1. The summed E-state index contributed by atoms with van der Waals surface area (Å²) in [6, 6.07) is 0. The molecule has 0 aromatic heterocycles. The van der Waals surface area contributed by atoms with Crippen molar-refractivity contribution in [3.8, 4) is 0 Å². The van der Waals surface area contributed by atoms with Gasteiger partial charge in [-0.2, -0.15) is 0 Å². The molecule has 3 N–H and O–H groups in total. The maximum atomic E-state index is 13.1. The van der Waals surface area contributed by atoms with E-state index in [4.69, 9.17) is 37.0 Å². The molecule has 0 aliphatic heterocycles. The summed E-state index contributed by atoms with van der Waals surface area (Å²) in [6.45, 7) is 14.3. The van der Waals surface area contributed by atoms with Gasteiger partial charge in [0.1, 0.15) is 19.3 Å². The van der Waals surface area contributed by atoms with Crippen LogP contribution < -0.4 is 0 Å². The van der Waals surface area contributed by atoms with Crippen molar-refractivity contribution in [1.82, 2.24) is 0 Å². The molecule has 0 aromatic rings. The molecule has 5 unspecified atom stereocenters. The summed E-state index contributed by atoms with van der Waals surface area (Å²) in [5.74, 6) is 1.03. The molecule has 17 nitrogen and oxygen atoms in total. The van der Waals surface area contributed by atoms with Crippen LogP contribution >= 0.6 is 15.6 Å². The average Bonchev–Trinajstić information content (AvgIpc) is 1.47. The van der Waals surface area contributed by atoms with Crippen molar-refractivity contribution in [1.29, 1.82) is 0 Å². The van der Waals surface area contributed by atoms with Gasteiger partial charge in [0.05, 0.1) is 26.4 Å². The first-order valence-electron chi connectivity index (χ1n) is 40.8. The van der Waals surface area contributed by atoms with Crippen LogP contribution in [0.1, 0.15) is 402 Å². The Morgan fingerprint density at radius 3 is 0.724 bits per heavy atom. The zero-order valence-corrected chi connectivity index (χ0v) is 66.2. The van der Waals surface area contributed by atoms with E-state index in [2.05, 4.69) is 55.4 Å². The van der Waals surface area contributed by atoms with Crippen molar-refractivity contribution in [2.24, 2.45) is 23.7 Å². The van der Waals surface area contributed by atoms with Crippen LogP contribution in [0.25, 0.3) is 0 Å². The van der Waals surface area contributed by atoms with E-state index >= 15 is 0 Å². The number of aliphatic hydroxyl groups excluding tert-OH is 1. The number of phosphoric ester groups is 2. The SMILES string of the molecule is CCC(C)CCCCCCCCCCCCCCCCCCCCC(=O)O[C@H](COC(=O)CCCCCCCCC(C)CC)COP(=O)(O)OC[C@H](O)COP(=O)(O)OC[C@@H](COC(=O)CCCCCCCCCCCCC(C)CC)OC(=O)CCCCCCCCCCCC(C)C. The zero-order valence-electron chi connectivity index (χ0n) is 64.4. The number of esters is 4. The van der Waals surface area contributed by atoms with Gasteiger partial charge in [0.15, 0.2) is 12.2 Å². The first-order valence-corrected chi connectivity index (χ1v) is 43.8. The number of hydrogen-bond donors (Lipinski definition) is 3. The van der Waals surface area contributed by atoms with E-state index in [0.29, 0.717) is 25.7 Å². The lowest BCUT2D eigenvalue weighted by Gasteiger charge is -2.21. The number of aliphatic hydroxyl groups is 1. The standard InChI is InChI=1S/C79H154O17P2/c1-9-70(6)56-48-40-32-26-20-18-16-14-12-13-15-17-19-21-29-35-45-53-61-78(83)96-75(66-90-77(82)60-52-44-38-37-42-50-58-72(8)11-3)68-94-98(87,88)92-64-73(80)63-91-97(85,86)93-67-74(95-79(84)62-54-46-36-30-24-25-31-39-47-55-69(4)5)65-89-76(81)59-51-43-34-28-23-22-27-33-41-49-57-71(7)10-2/h69-75,80H,9-68H2,1-8H3,(H,85,86)(H,87,88)/t70?,71?,72?,73-,74-,75-/m1/s1. The fourth-order valence-electron chi connectivity index (χ4n) is 12.0. The Morgan fingerprint density at radius 1 is 0.286 bits per heavy atom. The second kappa shape index (κ2) is 68.2. The van der Waals surface area contributed by atoms with Gasteiger partial charge in [0.25, 0.3) is 0 Å².